The Morgan fingerprint density at radius 1 is 0.889 bits per heavy atom. The van der Waals surface area contributed by atoms with Crippen LogP contribution in [0.1, 0.15) is 28.8 Å². The fraction of sp³-hybridized carbons (Fsp3) is 0.188. The molecule has 0 saturated carbocycles. The van der Waals surface area contributed by atoms with Gasteiger partial charge in [-0.3, -0.25) is 19.2 Å². The Hall–Kier alpha value is -3.40. The summed E-state index contributed by atoms with van der Waals surface area (Å²) >= 11 is 5.79. The molecular formula is C16H13ClN2O8. The Balaban J connectivity index is 2.64. The number of halogens is 1. The molecule has 0 amide bonds. The number of nitrogens with zero attached hydrogens (tertiary/aromatic N) is 2. The zero-order valence-electron chi connectivity index (χ0n) is 13.4. The second-order valence-electron chi connectivity index (χ2n) is 5.49. The van der Waals surface area contributed by atoms with Gasteiger partial charge in [-0.15, -0.1) is 0 Å². The number of hydrogen-bond acceptors (Lipinski definition) is 5. The first-order valence-corrected chi connectivity index (χ1v) is 7.71. The summed E-state index contributed by atoms with van der Waals surface area (Å²) in [6.07, 6.45) is 1.01. The minimum atomic E-state index is -2.22. The van der Waals surface area contributed by atoms with E-state index in [0.29, 0.717) is 10.6 Å². The number of aromatic nitrogens is 2. The summed E-state index contributed by atoms with van der Waals surface area (Å²) in [6.45, 7) is -0.0669. The standard InChI is InChI=1S/C16H13ClN2O8/c17-8-3-1-7(2-4-8)5-19-6-18-11(9(13(20)21)14(22)23)12(19)10(15(24)25)16(26)27/h1-4,6,9-10H,5H2,(H,20,21)(H,22,23)(H,24,25)(H,26,27). The molecule has 2 rings (SSSR count). The maximum atomic E-state index is 11.5. The normalized spacial score (nSPS) is 10.9. The van der Waals surface area contributed by atoms with E-state index in [-0.39, 0.29) is 6.54 Å². The zero-order chi connectivity index (χ0) is 20.3. The van der Waals surface area contributed by atoms with Crippen LogP contribution in [0, 0.1) is 0 Å². The minimum Gasteiger partial charge on any atom is -0.480 e. The van der Waals surface area contributed by atoms with Gasteiger partial charge in [0.2, 0.25) is 0 Å². The van der Waals surface area contributed by atoms with Gasteiger partial charge in [-0.25, -0.2) is 4.98 Å². The van der Waals surface area contributed by atoms with Gasteiger partial charge >= 0.3 is 23.9 Å². The van der Waals surface area contributed by atoms with Crippen LogP contribution in [0.25, 0.3) is 0 Å². The highest BCUT2D eigenvalue weighted by Gasteiger charge is 2.40. The van der Waals surface area contributed by atoms with Crippen LogP contribution in [0.15, 0.2) is 30.6 Å². The molecule has 142 valence electrons. The first-order valence-electron chi connectivity index (χ1n) is 7.34. The predicted octanol–water partition coefficient (Wildman–Crippen LogP) is 1.09. The van der Waals surface area contributed by atoms with Gasteiger partial charge in [0, 0.05) is 11.6 Å². The van der Waals surface area contributed by atoms with Gasteiger partial charge in [0.1, 0.15) is 0 Å². The highest BCUT2D eigenvalue weighted by molar-refractivity contribution is 6.30. The maximum absolute atomic E-state index is 11.5. The third-order valence-electron chi connectivity index (χ3n) is 3.71. The molecule has 0 fully saturated rings. The van der Waals surface area contributed by atoms with E-state index in [1.165, 1.54) is 0 Å². The average Bonchev–Trinajstić information content (AvgIpc) is 2.91. The van der Waals surface area contributed by atoms with Gasteiger partial charge in [-0.2, -0.15) is 0 Å². The molecule has 0 unspecified atom stereocenters. The molecule has 11 heteroatoms. The summed E-state index contributed by atoms with van der Waals surface area (Å²) in [5.41, 5.74) is -0.597. The van der Waals surface area contributed by atoms with Crippen LogP contribution in [0.3, 0.4) is 0 Å². The maximum Gasteiger partial charge on any atom is 0.324 e. The van der Waals surface area contributed by atoms with Crippen molar-refractivity contribution in [2.45, 2.75) is 18.4 Å². The molecule has 27 heavy (non-hydrogen) atoms. The number of imidazole rings is 1. The Bertz CT molecular complexity index is 878. The summed E-state index contributed by atoms with van der Waals surface area (Å²) in [6, 6.07) is 6.29. The molecule has 0 aliphatic rings. The highest BCUT2D eigenvalue weighted by Crippen LogP contribution is 2.28. The summed E-state index contributed by atoms with van der Waals surface area (Å²) in [5.74, 6) is -11.6. The first-order chi connectivity index (χ1) is 12.6. The topological polar surface area (TPSA) is 167 Å². The Kier molecular flexibility index (Phi) is 5.81. The molecule has 1 aromatic carbocycles. The van der Waals surface area contributed by atoms with Crippen molar-refractivity contribution in [3.8, 4) is 0 Å². The molecule has 1 heterocycles. The first kappa shape index (κ1) is 19.9. The third-order valence-corrected chi connectivity index (χ3v) is 3.96. The lowest BCUT2D eigenvalue weighted by Gasteiger charge is -2.16. The largest absolute Gasteiger partial charge is 0.480 e. The lowest BCUT2D eigenvalue weighted by molar-refractivity contribution is -0.153. The van der Waals surface area contributed by atoms with Gasteiger partial charge in [-0.1, -0.05) is 23.7 Å². The predicted molar refractivity (Wildman–Crippen MR) is 88.8 cm³/mol. The van der Waals surface area contributed by atoms with Crippen molar-refractivity contribution < 1.29 is 39.6 Å². The molecule has 0 spiro atoms. The van der Waals surface area contributed by atoms with Crippen LogP contribution in [-0.2, 0) is 25.7 Å². The molecule has 10 nitrogen and oxygen atoms in total. The van der Waals surface area contributed by atoms with Crippen molar-refractivity contribution >= 4 is 35.5 Å². The number of carbonyl (C=O) groups is 4. The van der Waals surface area contributed by atoms with Crippen molar-refractivity contribution in [2.75, 3.05) is 0 Å². The fourth-order valence-corrected chi connectivity index (χ4v) is 2.66. The van der Waals surface area contributed by atoms with Gasteiger partial charge in [0.05, 0.1) is 17.7 Å². The van der Waals surface area contributed by atoms with E-state index < -0.39 is 47.1 Å². The van der Waals surface area contributed by atoms with Crippen LogP contribution in [0.2, 0.25) is 5.02 Å². The number of rotatable bonds is 8. The highest BCUT2D eigenvalue weighted by atomic mass is 35.5. The van der Waals surface area contributed by atoms with Crippen molar-refractivity contribution in [1.82, 2.24) is 9.55 Å². The van der Waals surface area contributed by atoms with Gasteiger partial charge in [0.15, 0.2) is 11.8 Å². The van der Waals surface area contributed by atoms with Crippen molar-refractivity contribution in [3.05, 3.63) is 52.6 Å². The number of aliphatic carboxylic acids is 4. The average molecular weight is 397 g/mol. The molecule has 1 aromatic heterocycles. The molecule has 4 N–H and O–H groups in total. The lowest BCUT2D eigenvalue weighted by Crippen LogP contribution is -2.29. The molecule has 0 aliphatic carbocycles. The Labute approximate surface area is 156 Å². The monoisotopic (exact) mass is 396 g/mol. The van der Waals surface area contributed by atoms with E-state index in [9.17, 15) is 39.6 Å². The quantitative estimate of drug-likeness (QED) is 0.477. The second kappa shape index (κ2) is 7.87. The fourth-order valence-electron chi connectivity index (χ4n) is 2.54. The summed E-state index contributed by atoms with van der Waals surface area (Å²) in [4.78, 5) is 49.3. The van der Waals surface area contributed by atoms with Gasteiger partial charge in [-0.05, 0) is 17.7 Å². The van der Waals surface area contributed by atoms with Gasteiger partial charge in [0.25, 0.3) is 0 Å². The Morgan fingerprint density at radius 2 is 1.37 bits per heavy atom. The van der Waals surface area contributed by atoms with Crippen LogP contribution < -0.4 is 0 Å². The lowest BCUT2D eigenvalue weighted by atomic mass is 9.96. The van der Waals surface area contributed by atoms with E-state index in [0.717, 1.165) is 10.9 Å². The van der Waals surface area contributed by atoms with Crippen molar-refractivity contribution in [1.29, 1.82) is 0 Å². The molecular weight excluding hydrogens is 384 g/mol. The van der Waals surface area contributed by atoms with Crippen LogP contribution in [-0.4, -0.2) is 53.9 Å². The van der Waals surface area contributed by atoms with E-state index >= 15 is 0 Å². The van der Waals surface area contributed by atoms with Crippen LogP contribution >= 0.6 is 11.6 Å². The molecule has 0 atom stereocenters. The molecule has 2 aromatic rings. The molecule has 0 bridgehead atoms. The smallest absolute Gasteiger partial charge is 0.324 e. The minimum absolute atomic E-state index is 0.0669. The van der Waals surface area contributed by atoms with Crippen molar-refractivity contribution in [3.63, 3.8) is 0 Å². The summed E-state index contributed by atoms with van der Waals surface area (Å²) in [7, 11) is 0. The van der Waals surface area contributed by atoms with E-state index in [2.05, 4.69) is 4.98 Å². The molecule has 0 radical (unpaired) electrons. The number of benzene rings is 1. The summed E-state index contributed by atoms with van der Waals surface area (Å²) < 4.78 is 1.10. The summed E-state index contributed by atoms with van der Waals surface area (Å²) in [5, 5.41) is 37.4. The van der Waals surface area contributed by atoms with E-state index in [1.54, 1.807) is 24.3 Å². The molecule has 0 aliphatic heterocycles. The van der Waals surface area contributed by atoms with Crippen LogP contribution in [0.5, 0.6) is 0 Å². The number of carboxylic acids is 4. The number of carboxylic acid groups (broad SMARTS) is 4. The van der Waals surface area contributed by atoms with E-state index in [4.69, 9.17) is 11.6 Å². The van der Waals surface area contributed by atoms with E-state index in [1.807, 2.05) is 0 Å². The SMILES string of the molecule is O=C(O)C(C(=O)O)c1ncn(Cc2ccc(Cl)cc2)c1C(C(=O)O)C(=O)O. The molecule has 0 saturated heterocycles. The number of hydrogen-bond donors (Lipinski definition) is 4. The van der Waals surface area contributed by atoms with Crippen LogP contribution in [0.4, 0.5) is 0 Å². The Morgan fingerprint density at radius 3 is 1.81 bits per heavy atom. The second-order valence-corrected chi connectivity index (χ2v) is 5.92. The third kappa shape index (κ3) is 4.23. The van der Waals surface area contributed by atoms with Crippen molar-refractivity contribution in [2.24, 2.45) is 0 Å². The zero-order valence-corrected chi connectivity index (χ0v) is 14.2. The van der Waals surface area contributed by atoms with Gasteiger partial charge < -0.3 is 25.0 Å².